The summed E-state index contributed by atoms with van der Waals surface area (Å²) in [7, 11) is 0. The van der Waals surface area contributed by atoms with Crippen LogP contribution in [0.3, 0.4) is 0 Å². The summed E-state index contributed by atoms with van der Waals surface area (Å²) in [6.45, 7) is 11.0. The molecule has 0 saturated carbocycles. The van der Waals surface area contributed by atoms with Crippen LogP contribution in [0.1, 0.15) is 52.8 Å². The SMILES string of the molecule is Cc1cc(C)c2c(N)c(C(=O)N[C@H]3COc4cc(N5CCN(C(=O)OC(C)(C)C)CC5)c(C#N)c(F)c4C3)sc2n1. The molecule has 2 amide bonds. The van der Waals surface area contributed by atoms with Crippen molar-refractivity contribution in [3.63, 3.8) is 0 Å². The Labute approximate surface area is 241 Å². The van der Waals surface area contributed by atoms with Crippen molar-refractivity contribution in [3.05, 3.63) is 45.2 Å². The molecule has 1 saturated heterocycles. The minimum Gasteiger partial charge on any atom is -0.491 e. The van der Waals surface area contributed by atoms with Crippen LogP contribution in [-0.4, -0.2) is 66.3 Å². The number of piperazine rings is 1. The molecule has 3 aromatic rings. The van der Waals surface area contributed by atoms with Gasteiger partial charge in [-0.15, -0.1) is 11.3 Å². The Balaban J connectivity index is 1.31. The standard InChI is InChI=1S/C29H33FN6O4S/c1-15-10-16(2)33-27-22(15)24(32)25(41-27)26(37)34-17-11-18-21(39-14-17)12-20(19(13-31)23(18)30)35-6-8-36(9-7-35)28(38)40-29(3,4)5/h10,12,17H,6-9,11,14,32H2,1-5H3,(H,34,37)/t17-/m1/s1. The second-order valence-electron chi connectivity index (χ2n) is 11.4. The first-order chi connectivity index (χ1) is 19.4. The van der Waals surface area contributed by atoms with Gasteiger partial charge in [-0.3, -0.25) is 4.79 Å². The fourth-order valence-electron chi connectivity index (χ4n) is 5.26. The number of aryl methyl sites for hydroxylation is 2. The molecule has 12 heteroatoms. The van der Waals surface area contributed by atoms with Crippen LogP contribution in [0.25, 0.3) is 10.2 Å². The largest absolute Gasteiger partial charge is 0.491 e. The molecule has 1 atom stereocenters. The van der Waals surface area contributed by atoms with Gasteiger partial charge in [0.05, 0.1) is 17.4 Å². The summed E-state index contributed by atoms with van der Waals surface area (Å²) in [5.74, 6) is -0.696. The number of hydrogen-bond acceptors (Lipinski definition) is 9. The van der Waals surface area contributed by atoms with Gasteiger partial charge in [0.25, 0.3) is 5.91 Å². The average molecular weight is 581 g/mol. The number of nitrogens with two attached hydrogens (primary N) is 1. The zero-order chi connectivity index (χ0) is 29.6. The second-order valence-corrected chi connectivity index (χ2v) is 12.4. The summed E-state index contributed by atoms with van der Waals surface area (Å²) in [4.78, 5) is 34.6. The van der Waals surface area contributed by atoms with E-state index in [-0.39, 0.29) is 30.1 Å². The third kappa shape index (κ3) is 5.59. The highest BCUT2D eigenvalue weighted by Gasteiger charge is 2.32. The topological polar surface area (TPSA) is 134 Å². The summed E-state index contributed by atoms with van der Waals surface area (Å²) in [5, 5.41) is 13.6. The molecule has 3 N–H and O–H groups in total. The maximum absolute atomic E-state index is 15.7. The normalized spacial score (nSPS) is 17.0. The molecule has 0 radical (unpaired) electrons. The molecule has 0 unspecified atom stereocenters. The number of benzene rings is 1. The number of halogens is 1. The van der Waals surface area contributed by atoms with Gasteiger partial charge in [-0.2, -0.15) is 5.26 Å². The zero-order valence-corrected chi connectivity index (χ0v) is 24.6. The minimum absolute atomic E-state index is 0.0873. The van der Waals surface area contributed by atoms with Gasteiger partial charge in [-0.25, -0.2) is 14.2 Å². The van der Waals surface area contributed by atoms with E-state index in [1.165, 1.54) is 11.3 Å². The molecule has 0 aliphatic carbocycles. The highest BCUT2D eigenvalue weighted by atomic mass is 32.1. The monoisotopic (exact) mass is 580 g/mol. The van der Waals surface area contributed by atoms with Crippen LogP contribution in [0.2, 0.25) is 0 Å². The number of amides is 2. The van der Waals surface area contributed by atoms with Crippen molar-refractivity contribution >= 4 is 44.9 Å². The molecule has 1 aromatic carbocycles. The Kier molecular flexibility index (Phi) is 7.42. The quantitative estimate of drug-likeness (QED) is 0.469. The molecule has 2 aliphatic rings. The van der Waals surface area contributed by atoms with Gasteiger partial charge in [-0.1, -0.05) is 0 Å². The zero-order valence-electron chi connectivity index (χ0n) is 23.8. The van der Waals surface area contributed by atoms with Gasteiger partial charge in [0.15, 0.2) is 0 Å². The van der Waals surface area contributed by atoms with Crippen molar-refractivity contribution in [1.82, 2.24) is 15.2 Å². The number of thiophene rings is 1. The number of pyridine rings is 1. The predicted molar refractivity (Wildman–Crippen MR) is 155 cm³/mol. The van der Waals surface area contributed by atoms with Crippen LogP contribution in [0.15, 0.2) is 12.1 Å². The Morgan fingerprint density at radius 3 is 2.61 bits per heavy atom. The number of carbonyl (C=O) groups excluding carboxylic acids is 2. The van der Waals surface area contributed by atoms with Crippen LogP contribution in [0, 0.1) is 31.0 Å². The Hall–Kier alpha value is -4.11. The van der Waals surface area contributed by atoms with Crippen LogP contribution in [-0.2, 0) is 11.2 Å². The smallest absolute Gasteiger partial charge is 0.410 e. The first-order valence-electron chi connectivity index (χ1n) is 13.4. The van der Waals surface area contributed by atoms with Crippen molar-refractivity contribution < 1.29 is 23.5 Å². The van der Waals surface area contributed by atoms with Crippen LogP contribution < -0.4 is 20.7 Å². The molecular formula is C29H33FN6O4S. The number of hydrogen-bond donors (Lipinski definition) is 2. The molecule has 2 aliphatic heterocycles. The highest BCUT2D eigenvalue weighted by molar-refractivity contribution is 7.21. The number of rotatable bonds is 3. The lowest BCUT2D eigenvalue weighted by atomic mass is 9.97. The van der Waals surface area contributed by atoms with E-state index in [0.29, 0.717) is 53.0 Å². The van der Waals surface area contributed by atoms with Crippen molar-refractivity contribution in [3.8, 4) is 11.8 Å². The summed E-state index contributed by atoms with van der Waals surface area (Å²) in [5.41, 5.74) is 8.46. The van der Waals surface area contributed by atoms with Crippen molar-refractivity contribution in [2.45, 2.75) is 52.7 Å². The lowest BCUT2D eigenvalue weighted by Gasteiger charge is -2.37. The molecule has 1 fully saturated rings. The number of fused-ring (bicyclic) bond motifs is 2. The maximum atomic E-state index is 15.7. The molecule has 0 bridgehead atoms. The van der Waals surface area contributed by atoms with E-state index in [4.69, 9.17) is 15.2 Å². The van der Waals surface area contributed by atoms with E-state index in [1.54, 1.807) is 11.0 Å². The predicted octanol–water partition coefficient (Wildman–Crippen LogP) is 4.30. The van der Waals surface area contributed by atoms with Gasteiger partial charge in [0.1, 0.15) is 45.1 Å². The van der Waals surface area contributed by atoms with Crippen molar-refractivity contribution in [2.75, 3.05) is 43.4 Å². The minimum atomic E-state index is -0.662. The van der Waals surface area contributed by atoms with Crippen LogP contribution >= 0.6 is 11.3 Å². The average Bonchev–Trinajstić information content (AvgIpc) is 3.24. The second kappa shape index (κ2) is 10.7. The lowest BCUT2D eigenvalue weighted by molar-refractivity contribution is 0.0240. The van der Waals surface area contributed by atoms with Gasteiger partial charge in [-0.05, 0) is 46.2 Å². The summed E-state index contributed by atoms with van der Waals surface area (Å²) < 4.78 is 27.1. The van der Waals surface area contributed by atoms with Crippen molar-refractivity contribution in [2.24, 2.45) is 0 Å². The van der Waals surface area contributed by atoms with E-state index in [0.717, 1.165) is 16.6 Å². The molecule has 10 nitrogen and oxygen atoms in total. The van der Waals surface area contributed by atoms with Gasteiger partial charge < -0.3 is 30.3 Å². The number of nitriles is 1. The van der Waals surface area contributed by atoms with E-state index >= 15 is 4.39 Å². The first kappa shape index (κ1) is 28.4. The van der Waals surface area contributed by atoms with Crippen LogP contribution in [0.4, 0.5) is 20.6 Å². The number of anilines is 2. The molecule has 2 aromatic heterocycles. The third-order valence-corrected chi connectivity index (χ3v) is 8.24. The summed E-state index contributed by atoms with van der Waals surface area (Å²) in [6.07, 6.45) is -0.236. The number of nitrogens with zero attached hydrogens (tertiary/aromatic N) is 4. The molecule has 5 rings (SSSR count). The molecule has 0 spiro atoms. The van der Waals surface area contributed by atoms with Gasteiger partial charge >= 0.3 is 6.09 Å². The molecule has 4 heterocycles. The molecular weight excluding hydrogens is 547 g/mol. The number of carbonyl (C=O) groups is 2. The fourth-order valence-corrected chi connectivity index (χ4v) is 6.38. The first-order valence-corrected chi connectivity index (χ1v) is 14.3. The van der Waals surface area contributed by atoms with Gasteiger partial charge in [0, 0.05) is 55.3 Å². The Morgan fingerprint density at radius 2 is 1.95 bits per heavy atom. The van der Waals surface area contributed by atoms with Crippen LogP contribution in [0.5, 0.6) is 5.75 Å². The number of nitrogen functional groups attached to an aromatic ring is 1. The van der Waals surface area contributed by atoms with E-state index in [2.05, 4.69) is 10.3 Å². The maximum Gasteiger partial charge on any atom is 0.410 e. The summed E-state index contributed by atoms with van der Waals surface area (Å²) in [6, 6.07) is 5.09. The summed E-state index contributed by atoms with van der Waals surface area (Å²) >= 11 is 1.22. The molecule has 216 valence electrons. The highest BCUT2D eigenvalue weighted by Crippen LogP contribution is 2.38. The number of ether oxygens (including phenoxy) is 2. The number of nitrogens with one attached hydrogen (secondary N) is 1. The Bertz CT molecular complexity index is 1580. The van der Waals surface area contributed by atoms with E-state index < -0.39 is 23.6 Å². The fraction of sp³-hybridized carbons (Fsp3) is 0.448. The van der Waals surface area contributed by atoms with Gasteiger partial charge in [0.2, 0.25) is 0 Å². The number of aromatic nitrogens is 1. The molecule has 41 heavy (non-hydrogen) atoms. The lowest BCUT2D eigenvalue weighted by Crippen LogP contribution is -2.50. The van der Waals surface area contributed by atoms with Crippen molar-refractivity contribution in [1.29, 1.82) is 5.26 Å². The van der Waals surface area contributed by atoms with E-state index in [9.17, 15) is 14.9 Å². The third-order valence-electron chi connectivity index (χ3n) is 7.15. The van der Waals surface area contributed by atoms with E-state index in [1.807, 2.05) is 51.7 Å². The Morgan fingerprint density at radius 1 is 1.24 bits per heavy atom.